The van der Waals surface area contributed by atoms with E-state index in [2.05, 4.69) is 15.1 Å². The molecule has 1 rings (SSSR count). The first-order valence-corrected chi connectivity index (χ1v) is 7.35. The van der Waals surface area contributed by atoms with Crippen molar-refractivity contribution in [1.82, 2.24) is 15.1 Å². The SMILES string of the molecule is CC(NC(=O)C(C)(C)CN1CCN(CCO)CC1)C(=O)O. The third-order valence-electron chi connectivity index (χ3n) is 3.83. The molecule has 0 aromatic heterocycles. The fraction of sp³-hybridized carbons (Fsp3) is 0.857. The summed E-state index contributed by atoms with van der Waals surface area (Å²) in [5, 5.41) is 20.3. The number of carboxylic acids is 1. The number of hydrogen-bond acceptors (Lipinski definition) is 5. The highest BCUT2D eigenvalue weighted by atomic mass is 16.4. The van der Waals surface area contributed by atoms with Gasteiger partial charge in [0.2, 0.25) is 5.91 Å². The first-order valence-electron chi connectivity index (χ1n) is 7.35. The van der Waals surface area contributed by atoms with E-state index in [-0.39, 0.29) is 12.5 Å². The van der Waals surface area contributed by atoms with Crippen LogP contribution in [0.5, 0.6) is 0 Å². The van der Waals surface area contributed by atoms with Crippen LogP contribution < -0.4 is 5.32 Å². The molecular formula is C14H27N3O4. The molecule has 0 saturated carbocycles. The smallest absolute Gasteiger partial charge is 0.325 e. The molecule has 1 aliphatic rings. The molecule has 21 heavy (non-hydrogen) atoms. The molecule has 0 aliphatic carbocycles. The number of amides is 1. The summed E-state index contributed by atoms with van der Waals surface area (Å²) in [6.45, 7) is 10.0. The van der Waals surface area contributed by atoms with Crippen molar-refractivity contribution in [3.63, 3.8) is 0 Å². The van der Waals surface area contributed by atoms with E-state index in [1.807, 2.05) is 13.8 Å². The van der Waals surface area contributed by atoms with Crippen LogP contribution in [-0.2, 0) is 9.59 Å². The topological polar surface area (TPSA) is 93.1 Å². The van der Waals surface area contributed by atoms with Gasteiger partial charge in [-0.15, -0.1) is 0 Å². The Morgan fingerprint density at radius 1 is 1.19 bits per heavy atom. The summed E-state index contributed by atoms with van der Waals surface area (Å²) in [7, 11) is 0. The van der Waals surface area contributed by atoms with Crippen LogP contribution in [0.3, 0.4) is 0 Å². The Morgan fingerprint density at radius 2 is 1.71 bits per heavy atom. The molecule has 1 atom stereocenters. The van der Waals surface area contributed by atoms with E-state index in [9.17, 15) is 9.59 Å². The molecule has 0 bridgehead atoms. The number of hydrogen-bond donors (Lipinski definition) is 3. The van der Waals surface area contributed by atoms with Crippen molar-refractivity contribution in [2.75, 3.05) is 45.9 Å². The van der Waals surface area contributed by atoms with Gasteiger partial charge in [0.1, 0.15) is 6.04 Å². The van der Waals surface area contributed by atoms with Crippen LogP contribution in [0.15, 0.2) is 0 Å². The van der Waals surface area contributed by atoms with E-state index in [0.717, 1.165) is 26.2 Å². The molecule has 1 saturated heterocycles. The molecule has 1 heterocycles. The molecule has 122 valence electrons. The maximum absolute atomic E-state index is 12.2. The zero-order valence-corrected chi connectivity index (χ0v) is 13.1. The van der Waals surface area contributed by atoms with Gasteiger partial charge in [0.15, 0.2) is 0 Å². The third kappa shape index (κ3) is 5.61. The second kappa shape index (κ2) is 7.72. The van der Waals surface area contributed by atoms with Crippen LogP contribution in [0.4, 0.5) is 0 Å². The predicted octanol–water partition coefficient (Wildman–Crippen LogP) is -0.788. The molecule has 0 radical (unpaired) electrons. The number of carbonyl (C=O) groups is 2. The summed E-state index contributed by atoms with van der Waals surface area (Å²) < 4.78 is 0. The minimum Gasteiger partial charge on any atom is -0.480 e. The molecule has 0 spiro atoms. The Balaban J connectivity index is 2.45. The second-order valence-corrected chi connectivity index (χ2v) is 6.26. The number of carbonyl (C=O) groups excluding carboxylic acids is 1. The van der Waals surface area contributed by atoms with Gasteiger partial charge in [0.05, 0.1) is 12.0 Å². The summed E-state index contributed by atoms with van der Waals surface area (Å²) in [6.07, 6.45) is 0. The summed E-state index contributed by atoms with van der Waals surface area (Å²) in [4.78, 5) is 27.4. The number of rotatable bonds is 7. The summed E-state index contributed by atoms with van der Waals surface area (Å²) in [6, 6.07) is -0.877. The zero-order valence-electron chi connectivity index (χ0n) is 13.1. The molecule has 7 heteroatoms. The molecule has 0 aromatic carbocycles. The van der Waals surface area contributed by atoms with Crippen LogP contribution in [-0.4, -0.2) is 83.8 Å². The van der Waals surface area contributed by atoms with Crippen LogP contribution in [0.2, 0.25) is 0 Å². The summed E-state index contributed by atoms with van der Waals surface area (Å²) >= 11 is 0. The van der Waals surface area contributed by atoms with Crippen molar-refractivity contribution < 1.29 is 19.8 Å². The first-order chi connectivity index (χ1) is 9.76. The number of piperazine rings is 1. The van der Waals surface area contributed by atoms with E-state index in [0.29, 0.717) is 13.1 Å². The van der Waals surface area contributed by atoms with Gasteiger partial charge in [-0.3, -0.25) is 19.4 Å². The Kier molecular flexibility index (Phi) is 6.57. The van der Waals surface area contributed by atoms with E-state index < -0.39 is 17.4 Å². The van der Waals surface area contributed by atoms with Crippen LogP contribution in [0.25, 0.3) is 0 Å². The number of aliphatic carboxylic acids is 1. The number of β-amino-alcohol motifs (C(OH)–C–C–N with tert-alkyl or cyclic N) is 1. The highest BCUT2D eigenvalue weighted by Gasteiger charge is 2.32. The molecule has 1 unspecified atom stereocenters. The maximum Gasteiger partial charge on any atom is 0.325 e. The lowest BCUT2D eigenvalue weighted by molar-refractivity contribution is -0.143. The van der Waals surface area contributed by atoms with Crippen molar-refractivity contribution in [2.24, 2.45) is 5.41 Å². The van der Waals surface area contributed by atoms with E-state index in [1.165, 1.54) is 6.92 Å². The quantitative estimate of drug-likeness (QED) is 0.571. The molecule has 0 aromatic rings. The predicted molar refractivity (Wildman–Crippen MR) is 79.0 cm³/mol. The minimum atomic E-state index is -1.03. The lowest BCUT2D eigenvalue weighted by Crippen LogP contribution is -2.53. The van der Waals surface area contributed by atoms with Crippen LogP contribution in [0.1, 0.15) is 20.8 Å². The normalized spacial score (nSPS) is 19.2. The Bertz CT molecular complexity index is 365. The van der Waals surface area contributed by atoms with E-state index >= 15 is 0 Å². The van der Waals surface area contributed by atoms with Crippen molar-refractivity contribution in [1.29, 1.82) is 0 Å². The van der Waals surface area contributed by atoms with E-state index in [1.54, 1.807) is 0 Å². The zero-order chi connectivity index (χ0) is 16.0. The summed E-state index contributed by atoms with van der Waals surface area (Å²) in [5.41, 5.74) is -0.636. The van der Waals surface area contributed by atoms with E-state index in [4.69, 9.17) is 10.2 Å². The maximum atomic E-state index is 12.2. The molecule has 1 amide bonds. The Labute approximate surface area is 125 Å². The molecule has 7 nitrogen and oxygen atoms in total. The van der Waals surface area contributed by atoms with Gasteiger partial charge in [-0.05, 0) is 20.8 Å². The van der Waals surface area contributed by atoms with Gasteiger partial charge in [0, 0.05) is 39.3 Å². The van der Waals surface area contributed by atoms with Crippen LogP contribution >= 0.6 is 0 Å². The van der Waals surface area contributed by atoms with Crippen molar-refractivity contribution in [3.8, 4) is 0 Å². The van der Waals surface area contributed by atoms with Crippen molar-refractivity contribution in [2.45, 2.75) is 26.8 Å². The number of nitrogens with one attached hydrogen (secondary N) is 1. The highest BCUT2D eigenvalue weighted by Crippen LogP contribution is 2.18. The van der Waals surface area contributed by atoms with Gasteiger partial charge in [-0.25, -0.2) is 0 Å². The van der Waals surface area contributed by atoms with Gasteiger partial charge < -0.3 is 15.5 Å². The first kappa shape index (κ1) is 17.9. The fourth-order valence-corrected chi connectivity index (χ4v) is 2.40. The number of carboxylic acid groups (broad SMARTS) is 1. The van der Waals surface area contributed by atoms with Gasteiger partial charge in [-0.2, -0.15) is 0 Å². The standard InChI is InChI=1S/C14H27N3O4/c1-11(12(19)20)15-13(21)14(2,3)10-17-6-4-16(5-7-17)8-9-18/h11,18H,4-10H2,1-3H3,(H,15,21)(H,19,20). The Morgan fingerprint density at radius 3 is 2.19 bits per heavy atom. The highest BCUT2D eigenvalue weighted by molar-refractivity contribution is 5.86. The average molecular weight is 301 g/mol. The van der Waals surface area contributed by atoms with Crippen molar-refractivity contribution >= 4 is 11.9 Å². The van der Waals surface area contributed by atoms with Crippen LogP contribution in [0, 0.1) is 5.41 Å². The fourth-order valence-electron chi connectivity index (χ4n) is 2.40. The third-order valence-corrected chi connectivity index (χ3v) is 3.83. The second-order valence-electron chi connectivity index (χ2n) is 6.26. The number of aliphatic hydroxyl groups excluding tert-OH is 1. The summed E-state index contributed by atoms with van der Waals surface area (Å²) in [5.74, 6) is -1.27. The molecular weight excluding hydrogens is 274 g/mol. The van der Waals surface area contributed by atoms with Gasteiger partial charge in [-0.1, -0.05) is 0 Å². The number of aliphatic hydroxyl groups is 1. The van der Waals surface area contributed by atoms with Crippen molar-refractivity contribution in [3.05, 3.63) is 0 Å². The lowest BCUT2D eigenvalue weighted by atomic mass is 9.90. The van der Waals surface area contributed by atoms with Gasteiger partial charge >= 0.3 is 5.97 Å². The monoisotopic (exact) mass is 301 g/mol. The van der Waals surface area contributed by atoms with Gasteiger partial charge in [0.25, 0.3) is 0 Å². The molecule has 1 aliphatic heterocycles. The molecule has 1 fully saturated rings. The average Bonchev–Trinajstić information content (AvgIpc) is 2.40. The Hall–Kier alpha value is -1.18. The largest absolute Gasteiger partial charge is 0.480 e. The lowest BCUT2D eigenvalue weighted by Gasteiger charge is -2.38. The number of nitrogens with zero attached hydrogens (tertiary/aromatic N) is 2. The molecule has 3 N–H and O–H groups in total. The minimum absolute atomic E-state index is 0.168.